The molecule has 4 heteroatoms. The largest absolute Gasteiger partial charge is 0.479 e. The summed E-state index contributed by atoms with van der Waals surface area (Å²) in [5.74, 6) is -1.05. The van der Waals surface area contributed by atoms with Gasteiger partial charge in [-0.2, -0.15) is 0 Å². The van der Waals surface area contributed by atoms with Crippen molar-refractivity contribution in [2.45, 2.75) is 39.1 Å². The monoisotopic (exact) mass is 238 g/mol. The summed E-state index contributed by atoms with van der Waals surface area (Å²) in [5, 5.41) is 18.5. The van der Waals surface area contributed by atoms with Gasteiger partial charge < -0.3 is 14.9 Å². The minimum absolute atomic E-state index is 0.531. The van der Waals surface area contributed by atoms with Crippen molar-refractivity contribution in [3.8, 4) is 0 Å². The third-order valence-electron chi connectivity index (χ3n) is 2.60. The summed E-state index contributed by atoms with van der Waals surface area (Å²) in [5.41, 5.74) is 1.56. The van der Waals surface area contributed by atoms with Crippen LogP contribution < -0.4 is 0 Å². The highest BCUT2D eigenvalue weighted by Crippen LogP contribution is 2.21. The van der Waals surface area contributed by atoms with E-state index in [0.717, 1.165) is 5.56 Å². The van der Waals surface area contributed by atoms with Gasteiger partial charge in [0.15, 0.2) is 6.10 Å². The van der Waals surface area contributed by atoms with E-state index in [4.69, 9.17) is 9.84 Å². The lowest BCUT2D eigenvalue weighted by Crippen LogP contribution is -2.28. The van der Waals surface area contributed by atoms with Crippen LogP contribution in [0.3, 0.4) is 0 Å². The quantitative estimate of drug-likeness (QED) is 0.822. The molecule has 2 N–H and O–H groups in total. The van der Waals surface area contributed by atoms with Crippen LogP contribution in [-0.2, 0) is 9.53 Å². The Kier molecular flexibility index (Phi) is 4.66. The van der Waals surface area contributed by atoms with Gasteiger partial charge in [0.25, 0.3) is 0 Å². The predicted molar refractivity (Wildman–Crippen MR) is 63.8 cm³/mol. The maximum atomic E-state index is 11.2. The number of hydrogen-bond acceptors (Lipinski definition) is 3. The van der Waals surface area contributed by atoms with Crippen LogP contribution >= 0.6 is 0 Å². The molecule has 0 amide bonds. The van der Waals surface area contributed by atoms with Crippen molar-refractivity contribution in [1.29, 1.82) is 0 Å². The van der Waals surface area contributed by atoms with E-state index in [1.807, 2.05) is 13.0 Å². The molecule has 0 spiro atoms. The number of benzene rings is 1. The van der Waals surface area contributed by atoms with Crippen molar-refractivity contribution in [2.75, 3.05) is 0 Å². The minimum Gasteiger partial charge on any atom is -0.479 e. The van der Waals surface area contributed by atoms with E-state index in [-0.39, 0.29) is 0 Å². The molecule has 0 bridgehead atoms. The lowest BCUT2D eigenvalue weighted by Gasteiger charge is -2.21. The molecule has 0 saturated carbocycles. The second-order valence-corrected chi connectivity index (χ2v) is 4.21. The molecule has 0 aliphatic heterocycles. The molecule has 0 heterocycles. The Hall–Kier alpha value is -1.39. The Balaban J connectivity index is 2.90. The van der Waals surface area contributed by atoms with Gasteiger partial charge in [-0.05, 0) is 26.3 Å². The van der Waals surface area contributed by atoms with Crippen LogP contribution in [0.25, 0.3) is 0 Å². The topological polar surface area (TPSA) is 66.8 Å². The molecule has 94 valence electrons. The second-order valence-electron chi connectivity index (χ2n) is 4.21. The van der Waals surface area contributed by atoms with Crippen LogP contribution in [0.5, 0.6) is 0 Å². The van der Waals surface area contributed by atoms with Gasteiger partial charge in [-0.15, -0.1) is 0 Å². The molecule has 17 heavy (non-hydrogen) atoms. The van der Waals surface area contributed by atoms with Crippen LogP contribution in [0.15, 0.2) is 24.3 Å². The number of aliphatic hydroxyl groups excluding tert-OH is 1. The molecule has 0 fully saturated rings. The third-order valence-corrected chi connectivity index (χ3v) is 2.60. The second kappa shape index (κ2) is 5.80. The Labute approximate surface area is 101 Å². The van der Waals surface area contributed by atoms with Gasteiger partial charge in [0, 0.05) is 0 Å². The molecule has 1 aromatic rings. The highest BCUT2D eigenvalue weighted by molar-refractivity contribution is 5.74. The first-order chi connectivity index (χ1) is 7.91. The van der Waals surface area contributed by atoms with E-state index in [1.54, 1.807) is 32.0 Å². The van der Waals surface area contributed by atoms with Gasteiger partial charge >= 0.3 is 5.97 Å². The molecular formula is C13H18O4. The predicted octanol–water partition coefficient (Wildman–Crippen LogP) is 1.91. The standard InChI is InChI=1S/C13H18O4/c1-8-5-4-6-11(7-8)12(13(15)16)17-10(3)9(2)14/h4-7,9-10,12,14H,1-3H3,(H,15,16). The first-order valence-electron chi connectivity index (χ1n) is 5.54. The van der Waals surface area contributed by atoms with E-state index >= 15 is 0 Å². The number of carboxylic acid groups (broad SMARTS) is 1. The van der Waals surface area contributed by atoms with Crippen molar-refractivity contribution in [1.82, 2.24) is 0 Å². The molecule has 0 saturated heterocycles. The summed E-state index contributed by atoms with van der Waals surface area (Å²) in [7, 11) is 0. The lowest BCUT2D eigenvalue weighted by molar-refractivity contribution is -0.158. The van der Waals surface area contributed by atoms with Gasteiger partial charge in [-0.3, -0.25) is 0 Å². The molecule has 0 aromatic heterocycles. The zero-order valence-electron chi connectivity index (χ0n) is 10.3. The highest BCUT2D eigenvalue weighted by Gasteiger charge is 2.24. The highest BCUT2D eigenvalue weighted by atomic mass is 16.5. The summed E-state index contributed by atoms with van der Waals surface area (Å²) in [6.07, 6.45) is -2.28. The van der Waals surface area contributed by atoms with E-state index < -0.39 is 24.3 Å². The number of hydrogen-bond donors (Lipinski definition) is 2. The van der Waals surface area contributed by atoms with Crippen LogP contribution in [0, 0.1) is 6.92 Å². The molecule has 4 nitrogen and oxygen atoms in total. The third kappa shape index (κ3) is 3.84. The summed E-state index contributed by atoms with van der Waals surface area (Å²) in [4.78, 5) is 11.2. The smallest absolute Gasteiger partial charge is 0.337 e. The fraction of sp³-hybridized carbons (Fsp3) is 0.462. The first kappa shape index (κ1) is 13.7. The van der Waals surface area contributed by atoms with Crippen LogP contribution in [0.1, 0.15) is 31.1 Å². The average molecular weight is 238 g/mol. The lowest BCUT2D eigenvalue weighted by atomic mass is 10.1. The van der Waals surface area contributed by atoms with Crippen molar-refractivity contribution in [2.24, 2.45) is 0 Å². The molecule has 0 radical (unpaired) electrons. The summed E-state index contributed by atoms with van der Waals surface area (Å²) in [6.45, 7) is 5.11. The van der Waals surface area contributed by atoms with Gasteiger partial charge in [0.2, 0.25) is 0 Å². The number of aliphatic carboxylic acids is 1. The van der Waals surface area contributed by atoms with Crippen LogP contribution in [-0.4, -0.2) is 28.4 Å². The zero-order chi connectivity index (χ0) is 13.0. The molecule has 3 atom stereocenters. The number of aliphatic hydroxyl groups is 1. The zero-order valence-corrected chi connectivity index (χ0v) is 10.3. The van der Waals surface area contributed by atoms with Gasteiger partial charge in [0.05, 0.1) is 12.2 Å². The maximum absolute atomic E-state index is 11.2. The summed E-state index contributed by atoms with van der Waals surface area (Å²) >= 11 is 0. The number of aryl methyl sites for hydroxylation is 1. The molecule has 3 unspecified atom stereocenters. The summed E-state index contributed by atoms with van der Waals surface area (Å²) < 4.78 is 5.36. The Morgan fingerprint density at radius 2 is 2.00 bits per heavy atom. The Bertz CT molecular complexity index is 387. The number of rotatable bonds is 5. The first-order valence-corrected chi connectivity index (χ1v) is 5.54. The van der Waals surface area contributed by atoms with Crippen molar-refractivity contribution in [3.05, 3.63) is 35.4 Å². The molecule has 1 rings (SSSR count). The molecular weight excluding hydrogens is 220 g/mol. The molecule has 0 aliphatic rings. The number of carboxylic acids is 1. The fourth-order valence-electron chi connectivity index (χ4n) is 1.44. The minimum atomic E-state index is -1.05. The SMILES string of the molecule is Cc1cccc(C(OC(C)C(C)O)C(=O)O)c1. The van der Waals surface area contributed by atoms with Crippen molar-refractivity contribution >= 4 is 5.97 Å². The Morgan fingerprint density at radius 3 is 2.47 bits per heavy atom. The average Bonchev–Trinajstić information content (AvgIpc) is 2.24. The number of carbonyl (C=O) groups is 1. The van der Waals surface area contributed by atoms with Crippen molar-refractivity contribution < 1.29 is 19.7 Å². The van der Waals surface area contributed by atoms with Crippen molar-refractivity contribution in [3.63, 3.8) is 0 Å². The van der Waals surface area contributed by atoms with Gasteiger partial charge in [-0.25, -0.2) is 4.79 Å². The van der Waals surface area contributed by atoms with E-state index in [2.05, 4.69) is 0 Å². The van der Waals surface area contributed by atoms with E-state index in [9.17, 15) is 9.90 Å². The van der Waals surface area contributed by atoms with E-state index in [1.165, 1.54) is 0 Å². The fourth-order valence-corrected chi connectivity index (χ4v) is 1.44. The number of ether oxygens (including phenoxy) is 1. The normalized spacial score (nSPS) is 16.2. The maximum Gasteiger partial charge on any atom is 0.337 e. The summed E-state index contributed by atoms with van der Waals surface area (Å²) in [6, 6.07) is 7.16. The molecule has 1 aromatic carbocycles. The van der Waals surface area contributed by atoms with E-state index in [0.29, 0.717) is 5.56 Å². The molecule has 0 aliphatic carbocycles. The van der Waals surface area contributed by atoms with Crippen LogP contribution in [0.4, 0.5) is 0 Å². The van der Waals surface area contributed by atoms with Gasteiger partial charge in [0.1, 0.15) is 0 Å². The Morgan fingerprint density at radius 1 is 1.35 bits per heavy atom. The van der Waals surface area contributed by atoms with Gasteiger partial charge in [-0.1, -0.05) is 29.8 Å². The van der Waals surface area contributed by atoms with Crippen LogP contribution in [0.2, 0.25) is 0 Å².